The topological polar surface area (TPSA) is 44.4 Å². The van der Waals surface area contributed by atoms with Gasteiger partial charge >= 0.3 is 0 Å². The van der Waals surface area contributed by atoms with Crippen molar-refractivity contribution in [2.45, 2.75) is 38.8 Å². The maximum absolute atomic E-state index is 11.9. The third-order valence-corrected chi connectivity index (χ3v) is 3.81. The molecular formula is C16H24ClN3O. The van der Waals surface area contributed by atoms with Crippen LogP contribution in [-0.2, 0) is 11.3 Å². The Balaban J connectivity index is 2.00. The van der Waals surface area contributed by atoms with Crippen molar-refractivity contribution in [3.8, 4) is 0 Å². The fourth-order valence-electron chi connectivity index (χ4n) is 2.20. The Hall–Kier alpha value is -1.26. The molecule has 1 amide bonds. The molecule has 1 aliphatic rings. The van der Waals surface area contributed by atoms with E-state index in [0.29, 0.717) is 17.6 Å². The van der Waals surface area contributed by atoms with E-state index in [1.807, 2.05) is 37.1 Å². The van der Waals surface area contributed by atoms with Gasteiger partial charge in [-0.15, -0.1) is 0 Å². The van der Waals surface area contributed by atoms with Gasteiger partial charge in [0, 0.05) is 36.9 Å². The number of likely N-dealkylation sites (N-methyl/N-ethyl adjacent to an activating group) is 1. The molecule has 1 fully saturated rings. The average Bonchev–Trinajstić information content (AvgIpc) is 3.27. The second-order valence-electron chi connectivity index (χ2n) is 5.63. The van der Waals surface area contributed by atoms with Gasteiger partial charge in [0.2, 0.25) is 5.91 Å². The number of benzene rings is 1. The van der Waals surface area contributed by atoms with Crippen molar-refractivity contribution in [1.29, 1.82) is 0 Å². The van der Waals surface area contributed by atoms with Crippen LogP contribution >= 0.6 is 11.6 Å². The van der Waals surface area contributed by atoms with Crippen molar-refractivity contribution in [3.63, 3.8) is 0 Å². The molecule has 2 rings (SSSR count). The first-order chi connectivity index (χ1) is 10.1. The highest BCUT2D eigenvalue weighted by Crippen LogP contribution is 2.26. The Labute approximate surface area is 131 Å². The molecule has 4 nitrogen and oxygen atoms in total. The molecule has 0 aliphatic heterocycles. The van der Waals surface area contributed by atoms with E-state index in [-0.39, 0.29) is 5.91 Å². The largest absolute Gasteiger partial charge is 0.365 e. The van der Waals surface area contributed by atoms with Gasteiger partial charge in [-0.2, -0.15) is 0 Å². The highest BCUT2D eigenvalue weighted by molar-refractivity contribution is 6.30. The Morgan fingerprint density at radius 2 is 2.19 bits per heavy atom. The van der Waals surface area contributed by atoms with Crippen LogP contribution in [-0.4, -0.2) is 32.1 Å². The van der Waals surface area contributed by atoms with E-state index in [0.717, 1.165) is 25.2 Å². The van der Waals surface area contributed by atoms with Crippen LogP contribution in [0.5, 0.6) is 0 Å². The summed E-state index contributed by atoms with van der Waals surface area (Å²) >= 11 is 6.11. The van der Waals surface area contributed by atoms with Crippen LogP contribution in [0.1, 0.15) is 31.7 Å². The summed E-state index contributed by atoms with van der Waals surface area (Å²) in [6.45, 7) is 3.93. The lowest BCUT2D eigenvalue weighted by Gasteiger charge is -2.22. The summed E-state index contributed by atoms with van der Waals surface area (Å²) in [6.07, 6.45) is 3.47. The van der Waals surface area contributed by atoms with Crippen molar-refractivity contribution in [2.24, 2.45) is 0 Å². The Morgan fingerprint density at radius 3 is 2.86 bits per heavy atom. The number of halogens is 1. The molecule has 0 unspecified atom stereocenters. The van der Waals surface area contributed by atoms with Gasteiger partial charge in [0.25, 0.3) is 0 Å². The fourth-order valence-corrected chi connectivity index (χ4v) is 2.37. The van der Waals surface area contributed by atoms with Crippen LogP contribution in [0.3, 0.4) is 0 Å². The maximum Gasteiger partial charge on any atom is 0.239 e. The molecule has 5 heteroatoms. The highest BCUT2D eigenvalue weighted by Gasteiger charge is 2.21. The highest BCUT2D eigenvalue weighted by atomic mass is 35.5. The molecule has 0 atom stereocenters. The molecular weight excluding hydrogens is 286 g/mol. The monoisotopic (exact) mass is 309 g/mol. The summed E-state index contributed by atoms with van der Waals surface area (Å²) < 4.78 is 0. The predicted octanol–water partition coefficient (Wildman–Crippen LogP) is 2.55. The molecule has 1 saturated carbocycles. The standard InChI is InChI=1S/C16H24ClN3O/c1-3-8-18-16(21)11-20(2)15-9-13(17)5-4-12(15)10-19-14-6-7-14/h4-5,9,14,19H,3,6-8,10-11H2,1-2H3,(H,18,21). The first-order valence-corrected chi connectivity index (χ1v) is 7.97. The average molecular weight is 310 g/mol. The van der Waals surface area contributed by atoms with Gasteiger partial charge in [0.1, 0.15) is 0 Å². The van der Waals surface area contributed by atoms with E-state index in [2.05, 4.69) is 10.6 Å². The third kappa shape index (κ3) is 5.21. The smallest absolute Gasteiger partial charge is 0.239 e. The second kappa shape index (κ2) is 7.66. The van der Waals surface area contributed by atoms with Gasteiger partial charge in [-0.3, -0.25) is 4.79 Å². The number of nitrogens with one attached hydrogen (secondary N) is 2. The molecule has 0 aromatic heterocycles. The Bertz CT molecular complexity index is 488. The summed E-state index contributed by atoms with van der Waals surface area (Å²) in [5.41, 5.74) is 2.19. The number of nitrogens with zero attached hydrogens (tertiary/aromatic N) is 1. The number of rotatable bonds is 8. The summed E-state index contributed by atoms with van der Waals surface area (Å²) in [7, 11) is 1.93. The molecule has 0 bridgehead atoms. The van der Waals surface area contributed by atoms with Crippen molar-refractivity contribution in [1.82, 2.24) is 10.6 Å². The summed E-state index contributed by atoms with van der Waals surface area (Å²) in [4.78, 5) is 13.8. The molecule has 0 heterocycles. The Kier molecular flexibility index (Phi) is 5.88. The summed E-state index contributed by atoms with van der Waals surface area (Å²) in [5.74, 6) is 0.0421. The van der Waals surface area contributed by atoms with Crippen LogP contribution in [0.15, 0.2) is 18.2 Å². The van der Waals surface area contributed by atoms with Gasteiger partial charge < -0.3 is 15.5 Å². The maximum atomic E-state index is 11.9. The van der Waals surface area contributed by atoms with Crippen molar-refractivity contribution in [2.75, 3.05) is 25.0 Å². The van der Waals surface area contributed by atoms with Crippen molar-refractivity contribution in [3.05, 3.63) is 28.8 Å². The zero-order valence-corrected chi connectivity index (χ0v) is 13.5. The van der Waals surface area contributed by atoms with Crippen LogP contribution < -0.4 is 15.5 Å². The number of carbonyl (C=O) groups is 1. The van der Waals surface area contributed by atoms with Crippen molar-refractivity contribution < 1.29 is 4.79 Å². The second-order valence-corrected chi connectivity index (χ2v) is 6.07. The predicted molar refractivity (Wildman–Crippen MR) is 87.9 cm³/mol. The van der Waals surface area contributed by atoms with Crippen molar-refractivity contribution >= 4 is 23.2 Å². The Morgan fingerprint density at radius 1 is 1.43 bits per heavy atom. The lowest BCUT2D eigenvalue weighted by atomic mass is 10.1. The van der Waals surface area contributed by atoms with Crippen LogP contribution in [0, 0.1) is 0 Å². The quantitative estimate of drug-likeness (QED) is 0.775. The zero-order chi connectivity index (χ0) is 15.2. The van der Waals surface area contributed by atoms with Crippen LogP contribution in [0.4, 0.5) is 5.69 Å². The lowest BCUT2D eigenvalue weighted by molar-refractivity contribution is -0.119. The van der Waals surface area contributed by atoms with Gasteiger partial charge in [-0.05, 0) is 37.0 Å². The van der Waals surface area contributed by atoms with E-state index in [9.17, 15) is 4.79 Å². The molecule has 0 radical (unpaired) electrons. The fraction of sp³-hybridized carbons (Fsp3) is 0.562. The minimum absolute atomic E-state index is 0.0421. The first kappa shape index (κ1) is 16.1. The SMILES string of the molecule is CCCNC(=O)CN(C)c1cc(Cl)ccc1CNC1CC1. The van der Waals surface area contributed by atoms with E-state index in [1.54, 1.807) is 0 Å². The van der Waals surface area contributed by atoms with Gasteiger partial charge in [-0.25, -0.2) is 0 Å². The number of carbonyl (C=O) groups excluding carboxylic acids is 1. The van der Waals surface area contributed by atoms with Gasteiger partial charge in [-0.1, -0.05) is 24.6 Å². The molecule has 21 heavy (non-hydrogen) atoms. The summed E-state index contributed by atoms with van der Waals surface area (Å²) in [6, 6.07) is 6.53. The number of hydrogen-bond acceptors (Lipinski definition) is 3. The van der Waals surface area contributed by atoms with E-state index < -0.39 is 0 Å². The lowest BCUT2D eigenvalue weighted by Crippen LogP contribution is -2.36. The van der Waals surface area contributed by atoms with E-state index in [1.165, 1.54) is 18.4 Å². The summed E-state index contributed by atoms with van der Waals surface area (Å²) in [5, 5.41) is 7.10. The van der Waals surface area contributed by atoms with Crippen LogP contribution in [0.25, 0.3) is 0 Å². The van der Waals surface area contributed by atoms with E-state index in [4.69, 9.17) is 11.6 Å². The number of hydrogen-bond donors (Lipinski definition) is 2. The van der Waals surface area contributed by atoms with Gasteiger partial charge in [0.15, 0.2) is 0 Å². The molecule has 0 spiro atoms. The molecule has 2 N–H and O–H groups in total. The molecule has 1 aromatic rings. The minimum atomic E-state index is 0.0421. The third-order valence-electron chi connectivity index (χ3n) is 3.57. The minimum Gasteiger partial charge on any atom is -0.365 e. The molecule has 116 valence electrons. The van der Waals surface area contributed by atoms with Gasteiger partial charge in [0.05, 0.1) is 6.54 Å². The number of anilines is 1. The molecule has 0 saturated heterocycles. The van der Waals surface area contributed by atoms with E-state index >= 15 is 0 Å². The van der Waals surface area contributed by atoms with Crippen LogP contribution in [0.2, 0.25) is 5.02 Å². The zero-order valence-electron chi connectivity index (χ0n) is 12.8. The normalized spacial score (nSPS) is 14.0. The first-order valence-electron chi connectivity index (χ1n) is 7.59. The molecule has 1 aliphatic carbocycles. The number of amides is 1. The molecule has 1 aromatic carbocycles.